The highest BCUT2D eigenvalue weighted by atomic mass is 16.3. The quantitative estimate of drug-likeness (QED) is 0.842. The Morgan fingerprint density at radius 2 is 2.21 bits per heavy atom. The van der Waals surface area contributed by atoms with Gasteiger partial charge in [-0.2, -0.15) is 0 Å². The highest BCUT2D eigenvalue weighted by molar-refractivity contribution is 5.79. The Hall–Kier alpha value is -2.30. The largest absolute Gasteiger partial charge is 0.508 e. The van der Waals surface area contributed by atoms with Crippen LogP contribution in [0.3, 0.4) is 0 Å². The topological polar surface area (TPSA) is 67.2 Å². The van der Waals surface area contributed by atoms with E-state index in [4.69, 9.17) is 0 Å². The molecule has 100 valence electrons. The molecule has 0 unspecified atom stereocenters. The molecule has 0 atom stereocenters. The van der Waals surface area contributed by atoms with Crippen LogP contribution in [-0.4, -0.2) is 27.1 Å². The molecule has 0 aliphatic heterocycles. The molecule has 5 nitrogen and oxygen atoms in total. The summed E-state index contributed by atoms with van der Waals surface area (Å²) in [6.07, 6.45) is 4.49. The van der Waals surface area contributed by atoms with Gasteiger partial charge in [-0.15, -0.1) is 0 Å². The van der Waals surface area contributed by atoms with Crippen LogP contribution in [0.4, 0.5) is 0 Å². The predicted octanol–water partition coefficient (Wildman–Crippen LogP) is 1.03. The van der Waals surface area contributed by atoms with E-state index in [0.717, 1.165) is 5.82 Å². The van der Waals surface area contributed by atoms with Crippen LogP contribution >= 0.6 is 0 Å². The zero-order valence-corrected chi connectivity index (χ0v) is 10.8. The van der Waals surface area contributed by atoms with Gasteiger partial charge in [0.1, 0.15) is 11.6 Å². The summed E-state index contributed by atoms with van der Waals surface area (Å²) in [5, 5.41) is 12.4. The number of carbonyl (C=O) groups excluding carboxylic acids is 1. The Balaban J connectivity index is 1.79. The first kappa shape index (κ1) is 13.1. The molecule has 2 aromatic rings. The molecule has 0 aliphatic rings. The smallest absolute Gasteiger partial charge is 0.224 e. The maximum absolute atomic E-state index is 11.7. The fourth-order valence-electron chi connectivity index (χ4n) is 1.85. The van der Waals surface area contributed by atoms with Crippen LogP contribution in [0.2, 0.25) is 0 Å². The zero-order valence-electron chi connectivity index (χ0n) is 10.8. The third kappa shape index (κ3) is 3.58. The number of benzene rings is 1. The Kier molecular flexibility index (Phi) is 4.18. The summed E-state index contributed by atoms with van der Waals surface area (Å²) >= 11 is 0. The SMILES string of the molecule is Cn1ccnc1CCNC(=O)Cc1ccccc1O. The molecule has 19 heavy (non-hydrogen) atoms. The number of aryl methyl sites for hydroxylation is 1. The molecule has 1 amide bonds. The van der Waals surface area contributed by atoms with Gasteiger partial charge in [-0.3, -0.25) is 4.79 Å². The van der Waals surface area contributed by atoms with E-state index in [1.165, 1.54) is 0 Å². The van der Waals surface area contributed by atoms with Crippen molar-refractivity contribution in [2.24, 2.45) is 7.05 Å². The average molecular weight is 259 g/mol. The van der Waals surface area contributed by atoms with Crippen molar-refractivity contribution in [3.05, 3.63) is 48.0 Å². The van der Waals surface area contributed by atoms with Crippen LogP contribution in [0.25, 0.3) is 0 Å². The van der Waals surface area contributed by atoms with Gasteiger partial charge in [0.2, 0.25) is 5.91 Å². The Morgan fingerprint density at radius 1 is 1.42 bits per heavy atom. The predicted molar refractivity (Wildman–Crippen MR) is 71.7 cm³/mol. The lowest BCUT2D eigenvalue weighted by Gasteiger charge is -2.06. The second-order valence-corrected chi connectivity index (χ2v) is 4.36. The zero-order chi connectivity index (χ0) is 13.7. The molecular formula is C14H17N3O2. The number of imidazole rings is 1. The molecule has 1 aromatic carbocycles. The van der Waals surface area contributed by atoms with Crippen LogP contribution in [0.1, 0.15) is 11.4 Å². The highest BCUT2D eigenvalue weighted by Gasteiger charge is 2.07. The molecule has 0 aliphatic carbocycles. The van der Waals surface area contributed by atoms with Gasteiger partial charge < -0.3 is 15.0 Å². The van der Waals surface area contributed by atoms with Crippen LogP contribution in [0, 0.1) is 0 Å². The van der Waals surface area contributed by atoms with E-state index in [1.54, 1.807) is 30.5 Å². The molecule has 0 bridgehead atoms. The minimum Gasteiger partial charge on any atom is -0.508 e. The maximum atomic E-state index is 11.7. The van der Waals surface area contributed by atoms with Gasteiger partial charge in [0.05, 0.1) is 6.42 Å². The molecular weight excluding hydrogens is 242 g/mol. The number of aromatic nitrogens is 2. The van der Waals surface area contributed by atoms with Crippen LogP contribution in [0.5, 0.6) is 5.75 Å². The standard InChI is InChI=1S/C14H17N3O2/c1-17-9-8-15-13(17)6-7-16-14(19)10-11-4-2-3-5-12(11)18/h2-5,8-9,18H,6-7,10H2,1H3,(H,16,19). The molecule has 0 saturated carbocycles. The molecule has 0 fully saturated rings. The van der Waals surface area contributed by atoms with Gasteiger partial charge in [-0.25, -0.2) is 4.98 Å². The molecule has 5 heteroatoms. The van der Waals surface area contributed by atoms with Crippen molar-refractivity contribution in [2.45, 2.75) is 12.8 Å². The van der Waals surface area contributed by atoms with Crippen molar-refractivity contribution in [3.8, 4) is 5.75 Å². The Morgan fingerprint density at radius 3 is 2.89 bits per heavy atom. The number of hydrogen-bond acceptors (Lipinski definition) is 3. The summed E-state index contributed by atoms with van der Waals surface area (Å²) in [6, 6.07) is 6.86. The van der Waals surface area contributed by atoms with E-state index >= 15 is 0 Å². The van der Waals surface area contributed by atoms with Gasteiger partial charge in [0, 0.05) is 38.0 Å². The number of nitrogens with one attached hydrogen (secondary N) is 1. The van der Waals surface area contributed by atoms with Gasteiger partial charge >= 0.3 is 0 Å². The highest BCUT2D eigenvalue weighted by Crippen LogP contribution is 2.15. The first-order valence-corrected chi connectivity index (χ1v) is 6.16. The average Bonchev–Trinajstić information content (AvgIpc) is 2.78. The summed E-state index contributed by atoms with van der Waals surface area (Å²) in [4.78, 5) is 15.9. The van der Waals surface area contributed by atoms with Crippen molar-refractivity contribution >= 4 is 5.91 Å². The number of phenolic OH excluding ortho intramolecular Hbond substituents is 1. The van der Waals surface area contributed by atoms with Crippen molar-refractivity contribution in [3.63, 3.8) is 0 Å². The number of phenols is 1. The summed E-state index contributed by atoms with van der Waals surface area (Å²) in [6.45, 7) is 0.539. The second-order valence-electron chi connectivity index (χ2n) is 4.36. The van der Waals surface area contributed by atoms with Gasteiger partial charge in [0.25, 0.3) is 0 Å². The molecule has 0 radical (unpaired) electrons. The number of hydrogen-bond donors (Lipinski definition) is 2. The van der Waals surface area contributed by atoms with Crippen molar-refractivity contribution in [1.29, 1.82) is 0 Å². The fraction of sp³-hybridized carbons (Fsp3) is 0.286. The fourth-order valence-corrected chi connectivity index (χ4v) is 1.85. The van der Waals surface area contributed by atoms with Crippen LogP contribution in [0.15, 0.2) is 36.7 Å². The number of amides is 1. The van der Waals surface area contributed by atoms with Crippen molar-refractivity contribution in [1.82, 2.24) is 14.9 Å². The molecule has 0 spiro atoms. The molecule has 1 heterocycles. The van der Waals surface area contributed by atoms with Crippen molar-refractivity contribution < 1.29 is 9.90 Å². The molecule has 2 rings (SSSR count). The Bertz CT molecular complexity index is 563. The van der Waals surface area contributed by atoms with E-state index < -0.39 is 0 Å². The minimum absolute atomic E-state index is 0.101. The van der Waals surface area contributed by atoms with Gasteiger partial charge in [-0.05, 0) is 6.07 Å². The minimum atomic E-state index is -0.101. The lowest BCUT2D eigenvalue weighted by molar-refractivity contribution is -0.120. The monoisotopic (exact) mass is 259 g/mol. The van der Waals surface area contributed by atoms with Crippen molar-refractivity contribution in [2.75, 3.05) is 6.54 Å². The number of nitrogens with zero attached hydrogens (tertiary/aromatic N) is 2. The molecule has 0 saturated heterocycles. The van der Waals surface area contributed by atoms with Crippen LogP contribution in [-0.2, 0) is 24.7 Å². The third-order valence-electron chi connectivity index (χ3n) is 2.93. The third-order valence-corrected chi connectivity index (χ3v) is 2.93. The summed E-state index contributed by atoms with van der Waals surface area (Å²) in [5.41, 5.74) is 0.636. The van der Waals surface area contributed by atoms with Gasteiger partial charge in [0.15, 0.2) is 0 Å². The number of rotatable bonds is 5. The lowest BCUT2D eigenvalue weighted by atomic mass is 10.1. The summed E-state index contributed by atoms with van der Waals surface area (Å²) in [5.74, 6) is 0.986. The van der Waals surface area contributed by atoms with E-state index in [1.807, 2.05) is 17.8 Å². The maximum Gasteiger partial charge on any atom is 0.224 e. The van der Waals surface area contributed by atoms with E-state index in [9.17, 15) is 9.90 Å². The number of aromatic hydroxyl groups is 1. The molecule has 1 aromatic heterocycles. The Labute approximate surface area is 111 Å². The normalized spacial score (nSPS) is 10.4. The second kappa shape index (κ2) is 6.04. The number of carbonyl (C=O) groups is 1. The van der Waals surface area contributed by atoms with E-state index in [2.05, 4.69) is 10.3 Å². The number of para-hydroxylation sites is 1. The van der Waals surface area contributed by atoms with E-state index in [0.29, 0.717) is 18.5 Å². The summed E-state index contributed by atoms with van der Waals surface area (Å²) < 4.78 is 1.93. The lowest BCUT2D eigenvalue weighted by Crippen LogP contribution is -2.27. The van der Waals surface area contributed by atoms with E-state index in [-0.39, 0.29) is 18.1 Å². The van der Waals surface area contributed by atoms with Crippen LogP contribution < -0.4 is 5.32 Å². The summed E-state index contributed by atoms with van der Waals surface area (Å²) in [7, 11) is 1.92. The first-order chi connectivity index (χ1) is 9.16. The molecule has 2 N–H and O–H groups in total. The van der Waals surface area contributed by atoms with Gasteiger partial charge in [-0.1, -0.05) is 18.2 Å². The first-order valence-electron chi connectivity index (χ1n) is 6.16.